The van der Waals surface area contributed by atoms with Crippen LogP contribution in [0.3, 0.4) is 0 Å². The largest absolute Gasteiger partial charge is 0.497 e. The molecule has 3 aromatic rings. The lowest BCUT2D eigenvalue weighted by atomic mass is 9.82. The summed E-state index contributed by atoms with van der Waals surface area (Å²) in [4.78, 5) is 13.3. The van der Waals surface area contributed by atoms with Crippen LogP contribution in [-0.2, 0) is 10.0 Å². The van der Waals surface area contributed by atoms with E-state index >= 15 is 0 Å². The van der Waals surface area contributed by atoms with Gasteiger partial charge >= 0.3 is 0 Å². The molecule has 2 heterocycles. The van der Waals surface area contributed by atoms with E-state index in [9.17, 15) is 13.2 Å². The molecule has 5 rings (SSSR count). The Labute approximate surface area is 181 Å². The van der Waals surface area contributed by atoms with Crippen LogP contribution in [0.4, 0.5) is 0 Å². The highest BCUT2D eigenvalue weighted by atomic mass is 32.2. The van der Waals surface area contributed by atoms with Gasteiger partial charge < -0.3 is 9.47 Å². The van der Waals surface area contributed by atoms with Crippen LogP contribution in [0.2, 0.25) is 0 Å². The maximum atomic E-state index is 13.1. The summed E-state index contributed by atoms with van der Waals surface area (Å²) in [6, 6.07) is 18.0. The minimum absolute atomic E-state index is 0.0597. The molecular weight excluding hydrogens is 414 g/mol. The molecule has 2 aliphatic heterocycles. The molecule has 0 bridgehead atoms. The second-order valence-electron chi connectivity index (χ2n) is 8.12. The zero-order valence-corrected chi connectivity index (χ0v) is 18.0. The summed E-state index contributed by atoms with van der Waals surface area (Å²) in [7, 11) is -2.07. The summed E-state index contributed by atoms with van der Waals surface area (Å²) in [5.41, 5.74) is -0.0182. The fourth-order valence-electron chi connectivity index (χ4n) is 4.58. The Morgan fingerprint density at radius 3 is 2.39 bits per heavy atom. The third-order valence-electron chi connectivity index (χ3n) is 6.31. The highest BCUT2D eigenvalue weighted by Crippen LogP contribution is 2.42. The molecule has 0 amide bonds. The number of sulfonamides is 1. The topological polar surface area (TPSA) is 72.9 Å². The van der Waals surface area contributed by atoms with E-state index in [1.807, 2.05) is 36.4 Å². The van der Waals surface area contributed by atoms with E-state index in [4.69, 9.17) is 9.47 Å². The maximum Gasteiger partial charge on any atom is 0.243 e. The van der Waals surface area contributed by atoms with Gasteiger partial charge in [0.1, 0.15) is 17.1 Å². The average molecular weight is 438 g/mol. The van der Waals surface area contributed by atoms with Crippen molar-refractivity contribution in [3.8, 4) is 11.5 Å². The van der Waals surface area contributed by atoms with Crippen LogP contribution in [-0.4, -0.2) is 44.3 Å². The predicted molar refractivity (Wildman–Crippen MR) is 117 cm³/mol. The quantitative estimate of drug-likeness (QED) is 0.618. The van der Waals surface area contributed by atoms with Crippen molar-refractivity contribution in [2.75, 3.05) is 20.2 Å². The normalized spacial score (nSPS) is 18.5. The molecule has 1 spiro atoms. The van der Waals surface area contributed by atoms with Gasteiger partial charge in [-0.05, 0) is 41.1 Å². The van der Waals surface area contributed by atoms with Gasteiger partial charge in [-0.15, -0.1) is 0 Å². The fraction of sp³-hybridized carbons (Fsp3) is 0.292. The molecule has 31 heavy (non-hydrogen) atoms. The van der Waals surface area contributed by atoms with Crippen LogP contribution in [0, 0.1) is 0 Å². The zero-order valence-electron chi connectivity index (χ0n) is 17.2. The standard InChI is InChI=1S/C24H23NO5S/c1-29-18-7-9-19(10-8-18)31(27,28)25-14-12-24(13-15-25)16-21(26)23-20-5-3-2-4-17(20)6-11-22(23)30-24/h2-11H,12-16H2,1H3. The van der Waals surface area contributed by atoms with E-state index in [1.165, 1.54) is 4.31 Å². The third-order valence-corrected chi connectivity index (χ3v) is 8.22. The minimum Gasteiger partial charge on any atom is -0.497 e. The van der Waals surface area contributed by atoms with E-state index in [1.54, 1.807) is 31.4 Å². The van der Waals surface area contributed by atoms with Crippen molar-refractivity contribution in [3.63, 3.8) is 0 Å². The van der Waals surface area contributed by atoms with Gasteiger partial charge in [-0.1, -0.05) is 30.3 Å². The molecule has 0 radical (unpaired) electrons. The van der Waals surface area contributed by atoms with Gasteiger partial charge in [0.25, 0.3) is 0 Å². The summed E-state index contributed by atoms with van der Waals surface area (Å²) in [5.74, 6) is 1.27. The number of Topliss-reactive ketones (excluding diaryl/α,β-unsaturated/α-hetero) is 1. The van der Waals surface area contributed by atoms with Crippen LogP contribution in [0.5, 0.6) is 11.5 Å². The van der Waals surface area contributed by atoms with Crippen molar-refractivity contribution in [2.24, 2.45) is 0 Å². The zero-order chi connectivity index (χ0) is 21.6. The van der Waals surface area contributed by atoms with E-state index in [-0.39, 0.29) is 17.1 Å². The first-order valence-corrected chi connectivity index (χ1v) is 11.7. The van der Waals surface area contributed by atoms with Crippen LogP contribution in [0.15, 0.2) is 65.6 Å². The van der Waals surface area contributed by atoms with Gasteiger partial charge in [-0.3, -0.25) is 4.79 Å². The number of carbonyl (C=O) groups excluding carboxylic acids is 1. The van der Waals surface area contributed by atoms with Crippen molar-refractivity contribution in [2.45, 2.75) is 29.8 Å². The van der Waals surface area contributed by atoms with Gasteiger partial charge in [-0.25, -0.2) is 8.42 Å². The number of hydrogen-bond donors (Lipinski definition) is 0. The smallest absolute Gasteiger partial charge is 0.243 e. The summed E-state index contributed by atoms with van der Waals surface area (Å²) in [5, 5.41) is 1.91. The van der Waals surface area contributed by atoms with E-state index in [2.05, 4.69) is 0 Å². The van der Waals surface area contributed by atoms with E-state index < -0.39 is 15.6 Å². The predicted octanol–water partition coefficient (Wildman–Crippen LogP) is 4.04. The number of nitrogens with zero attached hydrogens (tertiary/aromatic N) is 1. The van der Waals surface area contributed by atoms with Crippen molar-refractivity contribution < 1.29 is 22.7 Å². The first-order chi connectivity index (χ1) is 14.9. The summed E-state index contributed by atoms with van der Waals surface area (Å²) >= 11 is 0. The molecule has 0 atom stereocenters. The minimum atomic E-state index is -3.61. The average Bonchev–Trinajstić information content (AvgIpc) is 2.79. The summed E-state index contributed by atoms with van der Waals surface area (Å²) in [6.45, 7) is 0.620. The van der Waals surface area contributed by atoms with Crippen LogP contribution < -0.4 is 9.47 Å². The second kappa shape index (κ2) is 7.35. The molecule has 0 saturated carbocycles. The Morgan fingerprint density at radius 1 is 0.968 bits per heavy atom. The number of piperidine rings is 1. The molecular formula is C24H23NO5S. The Hall–Kier alpha value is -2.90. The number of fused-ring (bicyclic) bond motifs is 3. The molecule has 160 valence electrons. The number of rotatable bonds is 3. The van der Waals surface area contributed by atoms with Crippen LogP contribution >= 0.6 is 0 Å². The maximum absolute atomic E-state index is 13.1. The number of methoxy groups -OCH3 is 1. The van der Waals surface area contributed by atoms with Gasteiger partial charge in [-0.2, -0.15) is 4.31 Å². The van der Waals surface area contributed by atoms with Gasteiger partial charge in [0.15, 0.2) is 5.78 Å². The Kier molecular flexibility index (Phi) is 4.75. The molecule has 2 aliphatic rings. The Bertz CT molecular complexity index is 1260. The van der Waals surface area contributed by atoms with E-state index in [0.717, 1.165) is 10.8 Å². The number of ketones is 1. The van der Waals surface area contributed by atoms with Crippen molar-refractivity contribution >= 4 is 26.6 Å². The number of carbonyl (C=O) groups is 1. The lowest BCUT2D eigenvalue weighted by Gasteiger charge is -2.43. The molecule has 0 aromatic heterocycles. The summed E-state index contributed by atoms with van der Waals surface area (Å²) < 4.78 is 39.1. The van der Waals surface area contributed by atoms with Gasteiger partial charge in [0.2, 0.25) is 10.0 Å². The fourth-order valence-corrected chi connectivity index (χ4v) is 6.03. The second-order valence-corrected chi connectivity index (χ2v) is 10.1. The Balaban J connectivity index is 1.37. The molecule has 0 aliphatic carbocycles. The number of hydrogen-bond acceptors (Lipinski definition) is 5. The Morgan fingerprint density at radius 2 is 1.68 bits per heavy atom. The monoisotopic (exact) mass is 437 g/mol. The van der Waals surface area contributed by atoms with Crippen molar-refractivity contribution in [1.29, 1.82) is 0 Å². The molecule has 1 fully saturated rings. The van der Waals surface area contributed by atoms with Crippen LogP contribution in [0.1, 0.15) is 29.6 Å². The lowest BCUT2D eigenvalue weighted by molar-refractivity contribution is 0.00621. The van der Waals surface area contributed by atoms with Gasteiger partial charge in [0.05, 0.1) is 24.0 Å². The molecule has 0 N–H and O–H groups in total. The molecule has 6 nitrogen and oxygen atoms in total. The van der Waals surface area contributed by atoms with Crippen LogP contribution in [0.25, 0.3) is 10.8 Å². The first kappa shape index (κ1) is 20.0. The van der Waals surface area contributed by atoms with Crippen molar-refractivity contribution in [1.82, 2.24) is 4.31 Å². The molecule has 1 saturated heterocycles. The highest BCUT2D eigenvalue weighted by Gasteiger charge is 2.45. The third kappa shape index (κ3) is 3.38. The molecule has 7 heteroatoms. The lowest BCUT2D eigenvalue weighted by Crippen LogP contribution is -2.52. The highest BCUT2D eigenvalue weighted by molar-refractivity contribution is 7.89. The molecule has 0 unspecified atom stereocenters. The van der Waals surface area contributed by atoms with E-state index in [0.29, 0.717) is 43.0 Å². The number of ether oxygens (including phenoxy) is 2. The molecule has 3 aromatic carbocycles. The summed E-state index contributed by atoms with van der Waals surface area (Å²) in [6.07, 6.45) is 1.21. The number of benzene rings is 3. The SMILES string of the molecule is COc1ccc(S(=O)(=O)N2CCC3(CC2)CC(=O)c2c(ccc4ccccc24)O3)cc1. The van der Waals surface area contributed by atoms with Crippen molar-refractivity contribution in [3.05, 3.63) is 66.2 Å². The first-order valence-electron chi connectivity index (χ1n) is 10.3. The van der Waals surface area contributed by atoms with Gasteiger partial charge in [0, 0.05) is 25.9 Å².